The van der Waals surface area contributed by atoms with Gasteiger partial charge in [0, 0.05) is 44.3 Å². The van der Waals surface area contributed by atoms with E-state index in [4.69, 9.17) is 23.6 Å². The molecule has 0 radical (unpaired) electrons. The van der Waals surface area contributed by atoms with Crippen molar-refractivity contribution in [3.8, 4) is 50.8 Å². The molecule has 8 aromatic carbocycles. The largest absolute Gasteiger partial charge is 0.497 e. The number of nitrogens with one attached hydrogen (secondary N) is 1. The molecule has 0 saturated heterocycles. The molecule has 0 atom stereocenters. The second-order valence-corrected chi connectivity index (χ2v) is 20.9. The lowest BCUT2D eigenvalue weighted by Gasteiger charge is -2.21. The van der Waals surface area contributed by atoms with Crippen LogP contribution in [0.5, 0.6) is 17.2 Å². The Morgan fingerprint density at radius 2 is 1.01 bits per heavy atom. The zero-order valence-corrected chi connectivity index (χ0v) is 43.2. The molecule has 8 heteroatoms. The number of aliphatic imine (C=N–C) groups is 1. The lowest BCUT2D eigenvalue weighted by molar-refractivity contribution is 0.414. The summed E-state index contributed by atoms with van der Waals surface area (Å²) >= 11 is 0. The standard InChI is InChI=1S/C67H56F2N2O4/c1-66(2,3)44-32-24-40(25-33-44)56-59(48-16-9-12-19-51(48)68)61(42-28-36-46(72-7)37-29-42)70-63(56)65(75-55-23-15-22-54-58(55)50-18-11-14-21-53(50)74-54)64-57(41-26-34-45(35-27-41)67(4,5)6)60(49-17-10-13-20-52(49)69)62(71-64)43-30-38-47(73-8)39-31-43/h9-39,70H,1-8H3/b65-64+. The third-order valence-corrected chi connectivity index (χ3v) is 14.1. The molecule has 0 saturated carbocycles. The van der Waals surface area contributed by atoms with E-state index in [1.165, 1.54) is 12.1 Å². The van der Waals surface area contributed by atoms with E-state index in [2.05, 4.69) is 95.1 Å². The molecule has 1 aliphatic rings. The molecular formula is C67H56F2N2O4. The van der Waals surface area contributed by atoms with Crippen molar-refractivity contribution in [2.45, 2.75) is 52.4 Å². The van der Waals surface area contributed by atoms with Gasteiger partial charge in [-0.3, -0.25) is 0 Å². The van der Waals surface area contributed by atoms with Crippen LogP contribution in [0.25, 0.3) is 72.4 Å². The number of ether oxygens (including phenoxy) is 3. The third kappa shape index (κ3) is 9.01. The van der Waals surface area contributed by atoms with Crippen molar-refractivity contribution in [2.24, 2.45) is 4.99 Å². The van der Waals surface area contributed by atoms with Gasteiger partial charge >= 0.3 is 0 Å². The first-order valence-electron chi connectivity index (χ1n) is 25.1. The highest BCUT2D eigenvalue weighted by Gasteiger charge is 2.36. The molecule has 0 bridgehead atoms. The second-order valence-electron chi connectivity index (χ2n) is 20.9. The van der Waals surface area contributed by atoms with Crippen LogP contribution in [-0.4, -0.2) is 24.9 Å². The average molecular weight is 991 g/mol. The molecule has 6 nitrogen and oxygen atoms in total. The number of para-hydroxylation sites is 1. The van der Waals surface area contributed by atoms with Crippen molar-refractivity contribution in [1.82, 2.24) is 4.98 Å². The van der Waals surface area contributed by atoms with E-state index >= 15 is 8.78 Å². The van der Waals surface area contributed by atoms with Gasteiger partial charge in [-0.15, -0.1) is 0 Å². The van der Waals surface area contributed by atoms with Crippen LogP contribution >= 0.6 is 0 Å². The van der Waals surface area contributed by atoms with Crippen molar-refractivity contribution in [1.29, 1.82) is 0 Å². The molecule has 0 aliphatic carbocycles. The van der Waals surface area contributed by atoms with Gasteiger partial charge in [0.15, 0.2) is 5.76 Å². The normalized spacial score (nSPS) is 13.7. The van der Waals surface area contributed by atoms with Gasteiger partial charge in [-0.25, -0.2) is 13.8 Å². The summed E-state index contributed by atoms with van der Waals surface area (Å²) in [5.41, 5.74) is 11.6. The molecule has 0 unspecified atom stereocenters. The first kappa shape index (κ1) is 48.5. The lowest BCUT2D eigenvalue weighted by Crippen LogP contribution is -2.11. The van der Waals surface area contributed by atoms with E-state index in [0.717, 1.165) is 44.2 Å². The van der Waals surface area contributed by atoms with Gasteiger partial charge in [0.2, 0.25) is 0 Å². The van der Waals surface area contributed by atoms with E-state index in [-0.39, 0.29) is 10.8 Å². The fourth-order valence-electron chi connectivity index (χ4n) is 10.1. The Kier molecular flexibility index (Phi) is 12.5. The molecule has 1 N–H and O–H groups in total. The van der Waals surface area contributed by atoms with E-state index in [9.17, 15) is 0 Å². The molecule has 0 spiro atoms. The molecule has 10 aromatic rings. The highest BCUT2D eigenvalue weighted by atomic mass is 19.1. The number of methoxy groups -OCH3 is 2. The summed E-state index contributed by atoms with van der Waals surface area (Å²) in [6.45, 7) is 13.1. The first-order valence-corrected chi connectivity index (χ1v) is 25.1. The summed E-state index contributed by atoms with van der Waals surface area (Å²) < 4.78 is 59.4. The molecular weight excluding hydrogens is 935 g/mol. The summed E-state index contributed by atoms with van der Waals surface area (Å²) in [6.07, 6.45) is 0. The predicted molar refractivity (Wildman–Crippen MR) is 301 cm³/mol. The molecule has 11 rings (SSSR count). The minimum absolute atomic E-state index is 0.161. The number of aromatic amines is 1. The number of benzene rings is 8. The fraction of sp³-hybridized carbons (Fsp3) is 0.149. The number of furan rings is 1. The smallest absolute Gasteiger partial charge is 0.177 e. The number of fused-ring (bicyclic) bond motifs is 3. The maximum absolute atomic E-state index is 17.0. The minimum Gasteiger partial charge on any atom is -0.497 e. The zero-order valence-electron chi connectivity index (χ0n) is 43.2. The summed E-state index contributed by atoms with van der Waals surface area (Å²) in [7, 11) is 3.26. The number of allylic oxidation sites excluding steroid dienone is 2. The van der Waals surface area contributed by atoms with E-state index in [1.54, 1.807) is 32.4 Å². The Morgan fingerprint density at radius 3 is 1.60 bits per heavy atom. The number of H-pyrrole nitrogens is 1. The van der Waals surface area contributed by atoms with Gasteiger partial charge in [-0.05, 0) is 118 Å². The van der Waals surface area contributed by atoms with Crippen LogP contribution in [0.2, 0.25) is 0 Å². The molecule has 3 heterocycles. The topological polar surface area (TPSA) is 69.0 Å². The molecule has 372 valence electrons. The average Bonchev–Trinajstić information content (AvgIpc) is 4.14. The summed E-state index contributed by atoms with van der Waals surface area (Å²) in [6, 6.07) is 59.5. The van der Waals surface area contributed by atoms with Gasteiger partial charge < -0.3 is 23.6 Å². The quantitative estimate of drug-likeness (QED) is 0.131. The molecule has 2 aromatic heterocycles. The minimum atomic E-state index is -0.418. The predicted octanol–water partition coefficient (Wildman–Crippen LogP) is 17.7. The van der Waals surface area contributed by atoms with Crippen LogP contribution in [0.1, 0.15) is 75.1 Å². The van der Waals surface area contributed by atoms with Crippen LogP contribution in [0.15, 0.2) is 203 Å². The van der Waals surface area contributed by atoms with Gasteiger partial charge in [-0.2, -0.15) is 0 Å². The van der Waals surface area contributed by atoms with E-state index in [0.29, 0.717) is 90.4 Å². The Hall–Kier alpha value is -8.75. The zero-order chi connectivity index (χ0) is 52.2. The number of nitrogens with zero attached hydrogens (tertiary/aromatic N) is 1. The van der Waals surface area contributed by atoms with Crippen LogP contribution in [0.4, 0.5) is 8.78 Å². The Morgan fingerprint density at radius 1 is 0.493 bits per heavy atom. The first-order chi connectivity index (χ1) is 36.2. The van der Waals surface area contributed by atoms with E-state index in [1.807, 2.05) is 109 Å². The molecule has 1 aliphatic heterocycles. The number of hydrogen-bond acceptors (Lipinski definition) is 5. The number of halogens is 2. The summed E-state index contributed by atoms with van der Waals surface area (Å²) in [4.78, 5) is 9.60. The maximum Gasteiger partial charge on any atom is 0.177 e. The number of rotatable bonds is 11. The summed E-state index contributed by atoms with van der Waals surface area (Å²) in [5.74, 6) is 1.31. The Balaban J connectivity index is 1.35. The van der Waals surface area contributed by atoms with Gasteiger partial charge in [0.1, 0.15) is 45.7 Å². The SMILES string of the molecule is COc1ccc(C2=N/C(=C(/Oc3cccc4oc5ccccc5c34)c3[nH]c(-c4ccc(OC)cc4)c(-c4ccccc4F)c3-c3ccc(C(C)(C)C)cc3)C(c3ccc(C(C)(C)C)cc3)=C2c2ccccc2F)cc1. The lowest BCUT2D eigenvalue weighted by atomic mass is 9.84. The highest BCUT2D eigenvalue weighted by molar-refractivity contribution is 6.42. The van der Waals surface area contributed by atoms with Crippen molar-refractivity contribution in [2.75, 3.05) is 14.2 Å². The highest BCUT2D eigenvalue weighted by Crippen LogP contribution is 2.52. The van der Waals surface area contributed by atoms with Crippen molar-refractivity contribution in [3.63, 3.8) is 0 Å². The molecule has 0 fully saturated rings. The van der Waals surface area contributed by atoms with Gasteiger partial charge in [0.05, 0.1) is 36.7 Å². The van der Waals surface area contributed by atoms with Crippen LogP contribution < -0.4 is 14.2 Å². The second kappa shape index (κ2) is 19.3. The Labute approximate surface area is 436 Å². The monoisotopic (exact) mass is 990 g/mol. The van der Waals surface area contributed by atoms with Gasteiger partial charge in [0.25, 0.3) is 0 Å². The van der Waals surface area contributed by atoms with Crippen LogP contribution in [0.3, 0.4) is 0 Å². The van der Waals surface area contributed by atoms with Crippen LogP contribution in [-0.2, 0) is 10.8 Å². The van der Waals surface area contributed by atoms with Gasteiger partial charge in [-0.1, -0.05) is 151 Å². The molecule has 75 heavy (non-hydrogen) atoms. The van der Waals surface area contributed by atoms with Crippen molar-refractivity contribution in [3.05, 3.63) is 239 Å². The Bertz CT molecular complexity index is 3880. The van der Waals surface area contributed by atoms with Crippen LogP contribution in [0, 0.1) is 11.6 Å². The van der Waals surface area contributed by atoms with E-state index < -0.39 is 11.6 Å². The number of aromatic nitrogens is 1. The maximum atomic E-state index is 17.0. The third-order valence-electron chi connectivity index (χ3n) is 14.1. The van der Waals surface area contributed by atoms with Crippen molar-refractivity contribution < 1.29 is 27.4 Å². The number of hydrogen-bond donors (Lipinski definition) is 1. The van der Waals surface area contributed by atoms with Crippen molar-refractivity contribution >= 4 is 44.6 Å². The fourth-order valence-corrected chi connectivity index (χ4v) is 10.1. The molecule has 0 amide bonds. The summed E-state index contributed by atoms with van der Waals surface area (Å²) in [5, 5.41) is 1.61.